The van der Waals surface area contributed by atoms with Crippen LogP contribution in [0.3, 0.4) is 0 Å². The van der Waals surface area contributed by atoms with Gasteiger partial charge < -0.3 is 20.3 Å². The molecule has 0 spiro atoms. The van der Waals surface area contributed by atoms with Gasteiger partial charge in [-0.05, 0) is 12.8 Å². The van der Waals surface area contributed by atoms with Crippen LogP contribution in [0.4, 0.5) is 4.79 Å². The summed E-state index contributed by atoms with van der Waals surface area (Å²) in [6, 6.07) is -0.215. The van der Waals surface area contributed by atoms with Crippen LogP contribution in [-0.4, -0.2) is 33.9 Å². The minimum atomic E-state index is -0.252. The monoisotopic (exact) mass is 282 g/mol. The van der Waals surface area contributed by atoms with E-state index in [2.05, 4.69) is 20.8 Å². The van der Waals surface area contributed by atoms with E-state index in [0.717, 1.165) is 25.7 Å². The number of hydrogen-bond acceptors (Lipinski definition) is 5. The second-order valence-electron chi connectivity index (χ2n) is 5.24. The van der Waals surface area contributed by atoms with Crippen molar-refractivity contribution in [1.82, 2.24) is 20.8 Å². The van der Waals surface area contributed by atoms with Gasteiger partial charge >= 0.3 is 6.03 Å². The Hall–Kier alpha value is -1.63. The largest absolute Gasteiger partial charge is 0.396 e. The molecular formula is C13H22N4O3. The molecule has 7 heteroatoms. The Balaban J connectivity index is 1.80. The molecular weight excluding hydrogens is 260 g/mol. The lowest BCUT2D eigenvalue weighted by molar-refractivity contribution is 0.179. The van der Waals surface area contributed by atoms with Crippen molar-refractivity contribution >= 4 is 6.03 Å². The van der Waals surface area contributed by atoms with Gasteiger partial charge in [0.1, 0.15) is 0 Å². The molecule has 2 atom stereocenters. The minimum Gasteiger partial charge on any atom is -0.396 e. The first-order chi connectivity index (χ1) is 9.69. The molecule has 2 amide bonds. The predicted octanol–water partition coefficient (Wildman–Crippen LogP) is 1.12. The van der Waals surface area contributed by atoms with E-state index < -0.39 is 0 Å². The Labute approximate surface area is 118 Å². The lowest BCUT2D eigenvalue weighted by atomic mass is 9.96. The van der Waals surface area contributed by atoms with Crippen LogP contribution in [0, 0.1) is 12.8 Å². The van der Waals surface area contributed by atoms with E-state index in [4.69, 9.17) is 4.52 Å². The van der Waals surface area contributed by atoms with Crippen LogP contribution in [0.1, 0.15) is 43.8 Å². The van der Waals surface area contributed by atoms with E-state index in [9.17, 15) is 9.90 Å². The quantitative estimate of drug-likeness (QED) is 0.718. The van der Waals surface area contributed by atoms with Crippen LogP contribution in [0.5, 0.6) is 0 Å². The third-order valence-electron chi connectivity index (χ3n) is 3.69. The van der Waals surface area contributed by atoms with Crippen molar-refractivity contribution in [2.75, 3.05) is 6.61 Å². The topological polar surface area (TPSA) is 100 Å². The summed E-state index contributed by atoms with van der Waals surface area (Å²) < 4.78 is 4.83. The highest BCUT2D eigenvalue weighted by Gasteiger charge is 2.24. The number of carbonyl (C=O) groups is 1. The highest BCUT2D eigenvalue weighted by Crippen LogP contribution is 2.23. The molecule has 2 unspecified atom stereocenters. The number of aryl methyl sites for hydroxylation is 1. The summed E-state index contributed by atoms with van der Waals surface area (Å²) >= 11 is 0. The number of aliphatic hydroxyl groups excluding tert-OH is 1. The van der Waals surface area contributed by atoms with E-state index >= 15 is 0 Å². The van der Waals surface area contributed by atoms with Crippen LogP contribution in [0.15, 0.2) is 4.52 Å². The van der Waals surface area contributed by atoms with Crippen molar-refractivity contribution < 1.29 is 14.4 Å². The first kappa shape index (κ1) is 14.8. The molecule has 1 aromatic heterocycles. The van der Waals surface area contributed by atoms with E-state index in [-0.39, 0.29) is 31.1 Å². The molecule has 1 saturated carbocycles. The molecule has 0 aromatic carbocycles. The van der Waals surface area contributed by atoms with E-state index in [1.54, 1.807) is 6.92 Å². The maximum atomic E-state index is 11.9. The van der Waals surface area contributed by atoms with Gasteiger partial charge in [0, 0.05) is 25.5 Å². The van der Waals surface area contributed by atoms with Gasteiger partial charge in [-0.3, -0.25) is 0 Å². The zero-order valence-corrected chi connectivity index (χ0v) is 11.8. The normalized spacial score (nSPS) is 23.1. The number of urea groups is 1. The van der Waals surface area contributed by atoms with Crippen LogP contribution in [0.2, 0.25) is 0 Å². The lowest BCUT2D eigenvalue weighted by Gasteiger charge is -2.24. The maximum absolute atomic E-state index is 11.9. The summed E-state index contributed by atoms with van der Waals surface area (Å²) in [5.74, 6) is 1.08. The summed E-state index contributed by atoms with van der Waals surface area (Å²) in [4.78, 5) is 15.9. The Bertz CT molecular complexity index is 435. The van der Waals surface area contributed by atoms with Gasteiger partial charge in [0.15, 0.2) is 5.82 Å². The molecule has 112 valence electrons. The van der Waals surface area contributed by atoms with Gasteiger partial charge in [0.2, 0.25) is 5.89 Å². The predicted molar refractivity (Wildman–Crippen MR) is 71.9 cm³/mol. The smallest absolute Gasteiger partial charge is 0.315 e. The molecule has 0 bridgehead atoms. The number of aromatic nitrogens is 2. The van der Waals surface area contributed by atoms with Gasteiger partial charge in [0.25, 0.3) is 0 Å². The van der Waals surface area contributed by atoms with Gasteiger partial charge in [-0.2, -0.15) is 4.98 Å². The molecule has 1 aromatic rings. The van der Waals surface area contributed by atoms with Gasteiger partial charge in [-0.15, -0.1) is 0 Å². The van der Waals surface area contributed by atoms with Crippen molar-refractivity contribution in [3.8, 4) is 0 Å². The highest BCUT2D eigenvalue weighted by molar-refractivity contribution is 5.74. The Morgan fingerprint density at radius 1 is 1.40 bits per heavy atom. The summed E-state index contributed by atoms with van der Waals surface area (Å²) in [7, 11) is 0. The number of amides is 2. The van der Waals surface area contributed by atoms with Gasteiger partial charge in [-0.1, -0.05) is 24.4 Å². The molecule has 0 radical (unpaired) electrons. The SMILES string of the molecule is Cc1nc(CNC(=O)NC2CCCCCC2CO)no1. The molecule has 0 aliphatic heterocycles. The third-order valence-corrected chi connectivity index (χ3v) is 3.69. The lowest BCUT2D eigenvalue weighted by Crippen LogP contribution is -2.46. The van der Waals surface area contributed by atoms with Gasteiger partial charge in [-0.25, -0.2) is 4.79 Å². The summed E-state index contributed by atoms with van der Waals surface area (Å²) in [6.45, 7) is 2.06. The third kappa shape index (κ3) is 4.19. The van der Waals surface area contributed by atoms with Crippen molar-refractivity contribution in [1.29, 1.82) is 0 Å². The molecule has 1 fully saturated rings. The molecule has 1 aliphatic rings. The van der Waals surface area contributed by atoms with E-state index in [0.29, 0.717) is 11.7 Å². The standard InChI is InChI=1S/C13H22N4O3/c1-9-15-12(17-20-9)7-14-13(19)16-11-6-4-2-3-5-10(11)8-18/h10-11,18H,2-8H2,1H3,(H2,14,16,19). The Morgan fingerprint density at radius 2 is 2.20 bits per heavy atom. The molecule has 0 saturated heterocycles. The maximum Gasteiger partial charge on any atom is 0.315 e. The molecule has 2 rings (SSSR count). The second kappa shape index (κ2) is 7.23. The highest BCUT2D eigenvalue weighted by atomic mass is 16.5. The molecule has 7 nitrogen and oxygen atoms in total. The zero-order chi connectivity index (χ0) is 14.4. The molecule has 20 heavy (non-hydrogen) atoms. The van der Waals surface area contributed by atoms with Crippen molar-refractivity contribution in [3.63, 3.8) is 0 Å². The van der Waals surface area contributed by atoms with Crippen LogP contribution in [0.25, 0.3) is 0 Å². The number of nitrogens with one attached hydrogen (secondary N) is 2. The fraction of sp³-hybridized carbons (Fsp3) is 0.769. The summed E-state index contributed by atoms with van der Waals surface area (Å²) in [5.41, 5.74) is 0. The van der Waals surface area contributed by atoms with Crippen LogP contribution < -0.4 is 10.6 Å². The summed E-state index contributed by atoms with van der Waals surface area (Å²) in [5, 5.41) is 18.8. The molecule has 1 aliphatic carbocycles. The fourth-order valence-corrected chi connectivity index (χ4v) is 2.58. The second-order valence-corrected chi connectivity index (χ2v) is 5.24. The first-order valence-electron chi connectivity index (χ1n) is 7.13. The average Bonchev–Trinajstić information content (AvgIpc) is 2.72. The fourth-order valence-electron chi connectivity index (χ4n) is 2.58. The number of carbonyl (C=O) groups excluding carboxylic acids is 1. The number of aliphatic hydroxyl groups is 1. The Morgan fingerprint density at radius 3 is 2.90 bits per heavy atom. The number of hydrogen-bond donors (Lipinski definition) is 3. The zero-order valence-electron chi connectivity index (χ0n) is 11.8. The number of nitrogens with zero attached hydrogens (tertiary/aromatic N) is 2. The first-order valence-corrected chi connectivity index (χ1v) is 7.13. The van der Waals surface area contributed by atoms with Crippen LogP contribution in [-0.2, 0) is 6.54 Å². The minimum absolute atomic E-state index is 0.0366. The van der Waals surface area contributed by atoms with E-state index in [1.165, 1.54) is 6.42 Å². The Kier molecular flexibility index (Phi) is 5.34. The van der Waals surface area contributed by atoms with Crippen molar-refractivity contribution in [2.24, 2.45) is 5.92 Å². The van der Waals surface area contributed by atoms with Gasteiger partial charge in [0.05, 0.1) is 6.54 Å². The average molecular weight is 282 g/mol. The molecule has 1 heterocycles. The van der Waals surface area contributed by atoms with Crippen molar-refractivity contribution in [3.05, 3.63) is 11.7 Å². The number of rotatable bonds is 4. The summed E-state index contributed by atoms with van der Waals surface area (Å²) in [6.07, 6.45) is 5.25. The van der Waals surface area contributed by atoms with Crippen LogP contribution >= 0.6 is 0 Å². The van der Waals surface area contributed by atoms with E-state index in [1.807, 2.05) is 0 Å². The molecule has 3 N–H and O–H groups in total. The van der Waals surface area contributed by atoms with Crippen molar-refractivity contribution in [2.45, 2.75) is 51.6 Å².